The van der Waals surface area contributed by atoms with Gasteiger partial charge in [0.2, 0.25) is 0 Å². The van der Waals surface area contributed by atoms with E-state index < -0.39 is 5.97 Å². The summed E-state index contributed by atoms with van der Waals surface area (Å²) < 4.78 is 0.626. The number of aromatic carboxylic acids is 1. The van der Waals surface area contributed by atoms with Gasteiger partial charge >= 0.3 is 5.97 Å². The lowest BCUT2D eigenvalue weighted by Gasteiger charge is -2.04. The standard InChI is InChI=1S/C10H8O3S/c1-5-4-6-2-3-14-9(6)7(8(5)11)10(12)13/h2-4,11H,1H3,(H,12,13). The van der Waals surface area contributed by atoms with E-state index in [1.165, 1.54) is 11.3 Å². The van der Waals surface area contributed by atoms with Crippen LogP contribution >= 0.6 is 11.3 Å². The lowest BCUT2D eigenvalue weighted by molar-refractivity contribution is 0.0696. The average Bonchev–Trinajstić information content (AvgIpc) is 2.52. The Balaban J connectivity index is 2.93. The molecule has 0 fully saturated rings. The Morgan fingerprint density at radius 1 is 1.50 bits per heavy atom. The molecule has 4 heteroatoms. The predicted octanol–water partition coefficient (Wildman–Crippen LogP) is 2.61. The van der Waals surface area contributed by atoms with Crippen LogP contribution in [0.1, 0.15) is 15.9 Å². The molecular weight excluding hydrogens is 200 g/mol. The second kappa shape index (κ2) is 2.99. The molecule has 1 aromatic heterocycles. The van der Waals surface area contributed by atoms with Crippen LogP contribution in [0.2, 0.25) is 0 Å². The van der Waals surface area contributed by atoms with Crippen molar-refractivity contribution in [3.8, 4) is 5.75 Å². The van der Waals surface area contributed by atoms with Crippen LogP contribution in [0.3, 0.4) is 0 Å². The number of aryl methyl sites for hydroxylation is 1. The molecule has 0 aliphatic rings. The third-order valence-electron chi connectivity index (χ3n) is 2.12. The summed E-state index contributed by atoms with van der Waals surface area (Å²) in [6, 6.07) is 3.63. The smallest absolute Gasteiger partial charge is 0.340 e. The second-order valence-corrected chi connectivity index (χ2v) is 3.98. The van der Waals surface area contributed by atoms with Crippen LogP contribution in [0.4, 0.5) is 0 Å². The van der Waals surface area contributed by atoms with E-state index in [9.17, 15) is 9.90 Å². The monoisotopic (exact) mass is 208 g/mol. The Labute approximate surface area is 84.2 Å². The molecule has 1 aromatic carbocycles. The van der Waals surface area contributed by atoms with Crippen LogP contribution in [0.15, 0.2) is 17.5 Å². The number of hydrogen-bond donors (Lipinski definition) is 2. The quantitative estimate of drug-likeness (QED) is 0.757. The first-order chi connectivity index (χ1) is 6.61. The molecule has 2 rings (SSSR count). The number of carboxylic acid groups (broad SMARTS) is 1. The molecule has 14 heavy (non-hydrogen) atoms. The minimum Gasteiger partial charge on any atom is -0.507 e. The minimum absolute atomic E-state index is 0.00926. The Hall–Kier alpha value is -1.55. The number of carbonyl (C=O) groups is 1. The van der Waals surface area contributed by atoms with Crippen LogP contribution < -0.4 is 0 Å². The number of phenols is 1. The van der Waals surface area contributed by atoms with Gasteiger partial charge in [-0.25, -0.2) is 4.79 Å². The molecule has 0 saturated carbocycles. The fourth-order valence-electron chi connectivity index (χ4n) is 1.44. The van der Waals surface area contributed by atoms with Crippen molar-refractivity contribution in [2.75, 3.05) is 0 Å². The summed E-state index contributed by atoms with van der Waals surface area (Å²) in [7, 11) is 0. The fraction of sp³-hybridized carbons (Fsp3) is 0.100. The van der Waals surface area contributed by atoms with Crippen LogP contribution in [0.5, 0.6) is 5.75 Å². The molecule has 0 aliphatic heterocycles. The number of benzene rings is 1. The normalized spacial score (nSPS) is 10.6. The van der Waals surface area contributed by atoms with Gasteiger partial charge in [-0.1, -0.05) is 0 Å². The summed E-state index contributed by atoms with van der Waals surface area (Å²) in [5.41, 5.74) is 0.600. The lowest BCUT2D eigenvalue weighted by atomic mass is 10.1. The van der Waals surface area contributed by atoms with Gasteiger partial charge in [0.25, 0.3) is 0 Å². The van der Waals surface area contributed by atoms with Crippen molar-refractivity contribution in [1.82, 2.24) is 0 Å². The maximum absolute atomic E-state index is 10.9. The Bertz CT molecular complexity index is 513. The van der Waals surface area contributed by atoms with Gasteiger partial charge in [-0.15, -0.1) is 11.3 Å². The highest BCUT2D eigenvalue weighted by Crippen LogP contribution is 2.33. The molecule has 1 heterocycles. The van der Waals surface area contributed by atoms with Gasteiger partial charge in [-0.3, -0.25) is 0 Å². The number of thiophene rings is 1. The van der Waals surface area contributed by atoms with Crippen LogP contribution in [0, 0.1) is 6.92 Å². The first-order valence-electron chi connectivity index (χ1n) is 4.04. The molecule has 0 bridgehead atoms. The van der Waals surface area contributed by atoms with Gasteiger partial charge in [0.1, 0.15) is 11.3 Å². The highest BCUT2D eigenvalue weighted by molar-refractivity contribution is 7.17. The molecule has 2 aromatic rings. The van der Waals surface area contributed by atoms with E-state index >= 15 is 0 Å². The molecule has 0 unspecified atom stereocenters. The van der Waals surface area contributed by atoms with Gasteiger partial charge in [-0.2, -0.15) is 0 Å². The van der Waals surface area contributed by atoms with E-state index in [1.54, 1.807) is 13.0 Å². The Morgan fingerprint density at radius 2 is 2.21 bits per heavy atom. The number of hydrogen-bond acceptors (Lipinski definition) is 3. The lowest BCUT2D eigenvalue weighted by Crippen LogP contribution is -1.98. The first kappa shape index (κ1) is 9.02. The number of fused-ring (bicyclic) bond motifs is 1. The zero-order chi connectivity index (χ0) is 10.3. The van der Waals surface area contributed by atoms with E-state index in [1.807, 2.05) is 11.4 Å². The van der Waals surface area contributed by atoms with Crippen molar-refractivity contribution in [1.29, 1.82) is 0 Å². The predicted molar refractivity (Wildman–Crippen MR) is 55.2 cm³/mol. The molecule has 3 nitrogen and oxygen atoms in total. The molecule has 0 radical (unpaired) electrons. The summed E-state index contributed by atoms with van der Waals surface area (Å²) in [6.45, 7) is 1.69. The zero-order valence-corrected chi connectivity index (χ0v) is 8.26. The third-order valence-corrected chi connectivity index (χ3v) is 3.07. The van der Waals surface area contributed by atoms with E-state index in [-0.39, 0.29) is 11.3 Å². The summed E-state index contributed by atoms with van der Waals surface area (Å²) in [5.74, 6) is -1.22. The molecule has 72 valence electrons. The fourth-order valence-corrected chi connectivity index (χ4v) is 2.36. The van der Waals surface area contributed by atoms with E-state index in [2.05, 4.69) is 0 Å². The molecule has 0 aliphatic carbocycles. The Kier molecular flexibility index (Phi) is 1.93. The summed E-state index contributed by atoms with van der Waals surface area (Å²) in [4.78, 5) is 10.9. The second-order valence-electron chi connectivity index (χ2n) is 3.06. The highest BCUT2D eigenvalue weighted by atomic mass is 32.1. The zero-order valence-electron chi connectivity index (χ0n) is 7.44. The maximum atomic E-state index is 10.9. The summed E-state index contributed by atoms with van der Waals surface area (Å²) in [6.07, 6.45) is 0. The van der Waals surface area contributed by atoms with Gasteiger partial charge in [-0.05, 0) is 35.4 Å². The summed E-state index contributed by atoms with van der Waals surface area (Å²) in [5, 5.41) is 21.2. The number of rotatable bonds is 1. The van der Waals surface area contributed by atoms with Crippen LogP contribution in [0.25, 0.3) is 10.1 Å². The van der Waals surface area contributed by atoms with Gasteiger partial charge in [0.05, 0.1) is 4.70 Å². The number of carboxylic acids is 1. The van der Waals surface area contributed by atoms with Crippen LogP contribution in [-0.4, -0.2) is 16.2 Å². The molecule has 0 amide bonds. The molecular formula is C10H8O3S. The molecule has 0 spiro atoms. The highest BCUT2D eigenvalue weighted by Gasteiger charge is 2.17. The molecule has 2 N–H and O–H groups in total. The van der Waals surface area contributed by atoms with Gasteiger partial charge < -0.3 is 10.2 Å². The van der Waals surface area contributed by atoms with Crippen molar-refractivity contribution >= 4 is 27.4 Å². The topological polar surface area (TPSA) is 57.5 Å². The molecule has 0 saturated heterocycles. The van der Waals surface area contributed by atoms with Crippen molar-refractivity contribution in [2.24, 2.45) is 0 Å². The van der Waals surface area contributed by atoms with E-state index in [4.69, 9.17) is 5.11 Å². The average molecular weight is 208 g/mol. The third kappa shape index (κ3) is 1.15. The number of aromatic hydroxyl groups is 1. The van der Waals surface area contributed by atoms with Gasteiger partial charge in [0, 0.05) is 0 Å². The van der Waals surface area contributed by atoms with Crippen molar-refractivity contribution in [2.45, 2.75) is 6.92 Å². The van der Waals surface area contributed by atoms with Crippen LogP contribution in [-0.2, 0) is 0 Å². The minimum atomic E-state index is -1.08. The van der Waals surface area contributed by atoms with Gasteiger partial charge in [0.15, 0.2) is 0 Å². The Morgan fingerprint density at radius 3 is 2.86 bits per heavy atom. The largest absolute Gasteiger partial charge is 0.507 e. The van der Waals surface area contributed by atoms with E-state index in [0.29, 0.717) is 10.3 Å². The summed E-state index contributed by atoms with van der Waals surface area (Å²) >= 11 is 1.32. The van der Waals surface area contributed by atoms with Crippen molar-refractivity contribution in [3.63, 3.8) is 0 Å². The SMILES string of the molecule is Cc1cc2ccsc2c(C(=O)O)c1O. The van der Waals surface area contributed by atoms with Crippen molar-refractivity contribution < 1.29 is 15.0 Å². The van der Waals surface area contributed by atoms with E-state index in [0.717, 1.165) is 5.39 Å². The van der Waals surface area contributed by atoms with Crippen molar-refractivity contribution in [3.05, 3.63) is 28.6 Å². The first-order valence-corrected chi connectivity index (χ1v) is 4.92. The maximum Gasteiger partial charge on any atom is 0.340 e. The molecule has 0 atom stereocenters.